The number of carbonyl (C=O) groups excluding carboxylic acids is 2. The van der Waals surface area contributed by atoms with Crippen molar-refractivity contribution >= 4 is 30.2 Å². The molecule has 4 rings (SSSR count). The van der Waals surface area contributed by atoms with Crippen molar-refractivity contribution < 1.29 is 9.59 Å². The van der Waals surface area contributed by atoms with Gasteiger partial charge in [-0.15, -0.1) is 0 Å². The lowest BCUT2D eigenvalue weighted by atomic mass is 9.90. The lowest BCUT2D eigenvalue weighted by molar-refractivity contribution is -0.114. The van der Waals surface area contributed by atoms with E-state index in [1.165, 1.54) is 5.56 Å². The Bertz CT molecular complexity index is 1030. The van der Waals surface area contributed by atoms with Crippen LogP contribution in [0.25, 0.3) is 0 Å². The molecule has 1 aromatic rings. The molecule has 3 saturated heterocycles. The Labute approximate surface area is 213 Å². The van der Waals surface area contributed by atoms with Gasteiger partial charge in [0, 0.05) is 38.9 Å². The molecule has 10 heteroatoms. The zero-order valence-electron chi connectivity index (χ0n) is 21.4. The number of nitrogens with zero attached hydrogens (tertiary/aromatic N) is 5. The predicted octanol–water partition coefficient (Wildman–Crippen LogP) is 2.17. The van der Waals surface area contributed by atoms with Crippen LogP contribution < -0.4 is 16.4 Å². The van der Waals surface area contributed by atoms with Crippen molar-refractivity contribution in [1.82, 2.24) is 20.0 Å². The van der Waals surface area contributed by atoms with Crippen LogP contribution in [0.1, 0.15) is 44.1 Å². The molecule has 194 valence electrons. The van der Waals surface area contributed by atoms with Gasteiger partial charge in [-0.25, -0.2) is 9.79 Å². The Hall–Kier alpha value is -3.40. The third-order valence-corrected chi connectivity index (χ3v) is 7.42. The molecule has 1 atom stereocenters. The maximum atomic E-state index is 12.5. The summed E-state index contributed by atoms with van der Waals surface area (Å²) >= 11 is 0. The average molecular weight is 495 g/mol. The van der Waals surface area contributed by atoms with Gasteiger partial charge in [0.25, 0.3) is 5.91 Å². The van der Waals surface area contributed by atoms with Crippen LogP contribution in [-0.4, -0.2) is 91.5 Å². The fraction of sp³-hybridized carbons (Fsp3) is 0.538. The summed E-state index contributed by atoms with van der Waals surface area (Å²) in [6, 6.07) is 8.46. The number of hydrogen-bond acceptors (Lipinski definition) is 6. The van der Waals surface area contributed by atoms with Crippen LogP contribution in [0.3, 0.4) is 0 Å². The van der Waals surface area contributed by atoms with Crippen molar-refractivity contribution in [3.05, 3.63) is 41.3 Å². The summed E-state index contributed by atoms with van der Waals surface area (Å²) in [5.74, 6) is 0.859. The summed E-state index contributed by atoms with van der Waals surface area (Å²) in [4.78, 5) is 39.1. The number of anilines is 1. The van der Waals surface area contributed by atoms with Crippen LogP contribution in [0, 0.1) is 0 Å². The molecule has 0 aliphatic carbocycles. The quantitative estimate of drug-likeness (QED) is 0.305. The summed E-state index contributed by atoms with van der Waals surface area (Å²) in [5.41, 5.74) is 7.70. The second-order valence-electron chi connectivity index (χ2n) is 9.79. The number of rotatable bonds is 7. The van der Waals surface area contributed by atoms with E-state index in [4.69, 9.17) is 10.7 Å². The van der Waals surface area contributed by atoms with Crippen molar-refractivity contribution in [2.75, 3.05) is 51.6 Å². The van der Waals surface area contributed by atoms with Gasteiger partial charge in [0.2, 0.25) is 0 Å². The SMILES string of the molecule is C=N/C(C(N)=O)=C(\N=C(/C)N1CCC[C@@H](N2CCN(C)C2=O)C1)Nc1ccc(C2CCNCC2)cc1. The Kier molecular flexibility index (Phi) is 8.25. The van der Waals surface area contributed by atoms with Gasteiger partial charge in [0.05, 0.1) is 6.04 Å². The van der Waals surface area contributed by atoms with Crippen molar-refractivity contribution in [3.63, 3.8) is 0 Å². The molecule has 4 N–H and O–H groups in total. The number of urea groups is 1. The molecular weight excluding hydrogens is 456 g/mol. The Balaban J connectivity index is 1.52. The molecule has 0 spiro atoms. The molecule has 3 heterocycles. The van der Waals surface area contributed by atoms with E-state index in [0.717, 1.165) is 69.9 Å². The zero-order chi connectivity index (χ0) is 25.7. The number of likely N-dealkylation sites (N-methyl/N-ethyl adjacent to an activating group) is 1. The molecule has 3 aliphatic heterocycles. The average Bonchev–Trinajstić information content (AvgIpc) is 3.23. The second-order valence-corrected chi connectivity index (χ2v) is 9.79. The number of benzene rings is 1. The highest BCUT2D eigenvalue weighted by molar-refractivity contribution is 5.94. The fourth-order valence-corrected chi connectivity index (χ4v) is 5.28. The predicted molar refractivity (Wildman–Crippen MR) is 143 cm³/mol. The first kappa shape index (κ1) is 25.7. The number of amidine groups is 1. The van der Waals surface area contributed by atoms with E-state index in [-0.39, 0.29) is 23.6 Å². The van der Waals surface area contributed by atoms with E-state index in [0.29, 0.717) is 12.5 Å². The topological polar surface area (TPSA) is 119 Å². The minimum absolute atomic E-state index is 0.0123. The van der Waals surface area contributed by atoms with Gasteiger partial charge >= 0.3 is 6.03 Å². The summed E-state index contributed by atoms with van der Waals surface area (Å²) in [6.45, 7) is 10.5. The molecule has 0 aromatic heterocycles. The number of primary amides is 1. The van der Waals surface area contributed by atoms with Crippen molar-refractivity contribution in [1.29, 1.82) is 0 Å². The third kappa shape index (κ3) is 5.87. The normalized spacial score (nSPS) is 22.5. The van der Waals surface area contributed by atoms with Gasteiger partial charge in [-0.2, -0.15) is 0 Å². The summed E-state index contributed by atoms with van der Waals surface area (Å²) in [5, 5.41) is 6.64. The highest BCUT2D eigenvalue weighted by Gasteiger charge is 2.34. The minimum atomic E-state index is -0.697. The van der Waals surface area contributed by atoms with Gasteiger partial charge in [0.1, 0.15) is 5.84 Å². The molecule has 10 nitrogen and oxygen atoms in total. The van der Waals surface area contributed by atoms with E-state index in [1.54, 1.807) is 4.90 Å². The van der Waals surface area contributed by atoms with Crippen LogP contribution in [-0.2, 0) is 4.79 Å². The van der Waals surface area contributed by atoms with Crippen LogP contribution in [0.2, 0.25) is 0 Å². The van der Waals surface area contributed by atoms with Crippen LogP contribution in [0.15, 0.2) is 45.8 Å². The summed E-state index contributed by atoms with van der Waals surface area (Å²) in [6.07, 6.45) is 4.18. The van der Waals surface area contributed by atoms with Crippen molar-refractivity contribution in [2.45, 2.75) is 44.6 Å². The van der Waals surface area contributed by atoms with E-state index in [1.807, 2.05) is 31.0 Å². The number of hydrogen-bond donors (Lipinski definition) is 3. The van der Waals surface area contributed by atoms with E-state index in [9.17, 15) is 9.59 Å². The molecular formula is C26H38N8O2. The number of carbonyl (C=O) groups is 2. The molecule has 0 bridgehead atoms. The molecule has 36 heavy (non-hydrogen) atoms. The van der Waals surface area contributed by atoms with E-state index < -0.39 is 5.91 Å². The fourth-order valence-electron chi connectivity index (χ4n) is 5.28. The number of likely N-dealkylation sites (tertiary alicyclic amines) is 1. The van der Waals surface area contributed by atoms with Crippen molar-refractivity contribution in [3.8, 4) is 0 Å². The third-order valence-electron chi connectivity index (χ3n) is 7.42. The minimum Gasteiger partial charge on any atom is -0.364 e. The first-order chi connectivity index (χ1) is 17.4. The van der Waals surface area contributed by atoms with Gasteiger partial charge in [-0.05, 0) is 76.0 Å². The molecule has 3 aliphatic rings. The van der Waals surface area contributed by atoms with Gasteiger partial charge in [0.15, 0.2) is 11.5 Å². The largest absolute Gasteiger partial charge is 0.364 e. The maximum absolute atomic E-state index is 12.5. The Morgan fingerprint density at radius 1 is 1.14 bits per heavy atom. The summed E-state index contributed by atoms with van der Waals surface area (Å²) in [7, 11) is 1.84. The van der Waals surface area contributed by atoms with Gasteiger partial charge in [-0.3, -0.25) is 9.79 Å². The lowest BCUT2D eigenvalue weighted by Gasteiger charge is -2.38. The number of nitrogens with two attached hydrogens (primary N) is 1. The lowest BCUT2D eigenvalue weighted by Crippen LogP contribution is -2.50. The highest BCUT2D eigenvalue weighted by atomic mass is 16.2. The highest BCUT2D eigenvalue weighted by Crippen LogP contribution is 2.27. The maximum Gasteiger partial charge on any atom is 0.320 e. The second kappa shape index (κ2) is 11.6. The Morgan fingerprint density at radius 3 is 2.47 bits per heavy atom. The van der Waals surface area contributed by atoms with E-state index >= 15 is 0 Å². The smallest absolute Gasteiger partial charge is 0.320 e. The monoisotopic (exact) mass is 494 g/mol. The van der Waals surface area contributed by atoms with Crippen molar-refractivity contribution in [2.24, 2.45) is 15.7 Å². The molecule has 3 amide bonds. The van der Waals surface area contributed by atoms with Crippen LogP contribution >= 0.6 is 0 Å². The number of nitrogens with one attached hydrogen (secondary N) is 2. The molecule has 3 fully saturated rings. The summed E-state index contributed by atoms with van der Waals surface area (Å²) < 4.78 is 0. The van der Waals surface area contributed by atoms with Crippen LogP contribution in [0.5, 0.6) is 0 Å². The number of piperidine rings is 2. The van der Waals surface area contributed by atoms with Gasteiger partial charge < -0.3 is 31.1 Å². The molecule has 0 unspecified atom stereocenters. The van der Waals surface area contributed by atoms with Crippen LogP contribution in [0.4, 0.5) is 10.5 Å². The standard InChI is InChI=1S/C26H38N8O2/c1-18(33-14-4-5-22(17-33)34-16-15-32(3)26(34)36)30-25(23(28-2)24(27)35)31-21-8-6-19(7-9-21)20-10-12-29-13-11-20/h6-9,20,22,29,31H,2,4-5,10-17H2,1,3H3,(H2,27,35)/b25-23+,30-18+/t22-/m1/s1. The number of aliphatic imine (C=N–C) groups is 2. The molecule has 0 saturated carbocycles. The zero-order valence-corrected chi connectivity index (χ0v) is 21.4. The Morgan fingerprint density at radius 2 is 1.86 bits per heavy atom. The molecule has 1 aromatic carbocycles. The first-order valence-corrected chi connectivity index (χ1v) is 12.8. The molecule has 0 radical (unpaired) electrons. The number of amides is 3. The van der Waals surface area contributed by atoms with Gasteiger partial charge in [-0.1, -0.05) is 12.1 Å². The van der Waals surface area contributed by atoms with E-state index in [2.05, 4.69) is 39.4 Å². The first-order valence-electron chi connectivity index (χ1n) is 12.8.